The summed E-state index contributed by atoms with van der Waals surface area (Å²) in [6.45, 7) is 3.46. The predicted octanol–water partition coefficient (Wildman–Crippen LogP) is 3.78. The second kappa shape index (κ2) is 8.82. The summed E-state index contributed by atoms with van der Waals surface area (Å²) >= 11 is 12.1. The van der Waals surface area contributed by atoms with E-state index >= 15 is 0 Å². The molecule has 0 bridgehead atoms. The van der Waals surface area contributed by atoms with Crippen LogP contribution in [-0.4, -0.2) is 57.1 Å². The summed E-state index contributed by atoms with van der Waals surface area (Å²) in [7, 11) is 3.39. The van der Waals surface area contributed by atoms with Crippen molar-refractivity contribution in [1.29, 1.82) is 0 Å². The number of nitrogens with one attached hydrogen (secondary N) is 1. The van der Waals surface area contributed by atoms with Gasteiger partial charge in [0.25, 0.3) is 5.91 Å². The van der Waals surface area contributed by atoms with Gasteiger partial charge in [0.05, 0.1) is 34.6 Å². The summed E-state index contributed by atoms with van der Waals surface area (Å²) < 4.78 is 4.80. The first-order chi connectivity index (χ1) is 13.4. The molecule has 2 aromatic rings. The van der Waals surface area contributed by atoms with Crippen molar-refractivity contribution in [2.75, 3.05) is 50.6 Å². The fraction of sp³-hybridized carbons (Fsp3) is 0.300. The minimum atomic E-state index is -0.468. The number of hydrogen-bond acceptors (Lipinski definition) is 5. The third-order valence-corrected chi connectivity index (χ3v) is 5.23. The lowest BCUT2D eigenvalue weighted by Gasteiger charge is -2.35. The number of piperazine rings is 1. The van der Waals surface area contributed by atoms with E-state index in [1.165, 1.54) is 13.2 Å². The first-order valence-corrected chi connectivity index (χ1v) is 9.57. The topological polar surface area (TPSA) is 61.9 Å². The number of halogens is 2. The summed E-state index contributed by atoms with van der Waals surface area (Å²) in [5.41, 5.74) is 2.04. The van der Waals surface area contributed by atoms with Gasteiger partial charge in [-0.15, -0.1) is 0 Å². The van der Waals surface area contributed by atoms with E-state index < -0.39 is 5.97 Å². The lowest BCUT2D eigenvalue weighted by Crippen LogP contribution is -2.44. The molecule has 6 nitrogen and oxygen atoms in total. The average Bonchev–Trinajstić information content (AvgIpc) is 2.68. The van der Waals surface area contributed by atoms with Crippen LogP contribution in [-0.2, 0) is 4.74 Å². The summed E-state index contributed by atoms with van der Waals surface area (Å²) in [5, 5.41) is 3.60. The smallest absolute Gasteiger partial charge is 0.337 e. The maximum absolute atomic E-state index is 12.8. The van der Waals surface area contributed by atoms with Gasteiger partial charge >= 0.3 is 5.97 Å². The van der Waals surface area contributed by atoms with Crippen LogP contribution in [0.25, 0.3) is 0 Å². The Labute approximate surface area is 174 Å². The van der Waals surface area contributed by atoms with E-state index in [4.69, 9.17) is 27.9 Å². The molecular formula is C20H21Cl2N3O3. The molecule has 1 saturated heterocycles. The Morgan fingerprint density at radius 2 is 1.75 bits per heavy atom. The Morgan fingerprint density at radius 1 is 1.04 bits per heavy atom. The molecule has 148 valence electrons. The number of esters is 1. The molecule has 0 spiro atoms. The fourth-order valence-electron chi connectivity index (χ4n) is 3.07. The molecular weight excluding hydrogens is 401 g/mol. The fourth-order valence-corrected chi connectivity index (χ4v) is 3.56. The second-order valence-corrected chi connectivity index (χ2v) is 7.44. The predicted molar refractivity (Wildman–Crippen MR) is 112 cm³/mol. The largest absolute Gasteiger partial charge is 0.465 e. The number of carbonyl (C=O) groups is 2. The third kappa shape index (κ3) is 4.58. The van der Waals surface area contributed by atoms with Crippen molar-refractivity contribution < 1.29 is 14.3 Å². The second-order valence-electron chi connectivity index (χ2n) is 6.59. The summed E-state index contributed by atoms with van der Waals surface area (Å²) in [6, 6.07) is 9.85. The Morgan fingerprint density at radius 3 is 2.39 bits per heavy atom. The van der Waals surface area contributed by atoms with Gasteiger partial charge in [-0.1, -0.05) is 23.2 Å². The maximum atomic E-state index is 12.8. The number of rotatable bonds is 4. The van der Waals surface area contributed by atoms with Crippen LogP contribution in [0.5, 0.6) is 0 Å². The number of anilines is 2. The Balaban J connectivity index is 1.93. The van der Waals surface area contributed by atoms with E-state index in [2.05, 4.69) is 22.2 Å². The van der Waals surface area contributed by atoms with Gasteiger partial charge in [-0.25, -0.2) is 4.79 Å². The molecule has 28 heavy (non-hydrogen) atoms. The molecule has 0 saturated carbocycles. The number of benzene rings is 2. The summed E-state index contributed by atoms with van der Waals surface area (Å²) in [6.07, 6.45) is 0. The normalized spacial score (nSPS) is 14.6. The first-order valence-electron chi connectivity index (χ1n) is 8.81. The minimum Gasteiger partial charge on any atom is -0.465 e. The Hall–Kier alpha value is -2.28. The molecule has 1 aliphatic rings. The number of likely N-dealkylation sites (N-methyl/N-ethyl adjacent to an activating group) is 1. The zero-order chi connectivity index (χ0) is 20.3. The number of hydrogen-bond donors (Lipinski definition) is 1. The van der Waals surface area contributed by atoms with Gasteiger partial charge in [0.1, 0.15) is 0 Å². The van der Waals surface area contributed by atoms with Gasteiger partial charge in [0, 0.05) is 31.2 Å². The van der Waals surface area contributed by atoms with Gasteiger partial charge < -0.3 is 19.9 Å². The SMILES string of the molecule is COC(=O)c1ccc(N2CCN(C)CC2)c(NC(=O)c2ccc(Cl)cc2Cl)c1. The van der Waals surface area contributed by atoms with Crippen LogP contribution >= 0.6 is 23.2 Å². The van der Waals surface area contributed by atoms with E-state index in [-0.39, 0.29) is 10.9 Å². The van der Waals surface area contributed by atoms with E-state index in [1.807, 2.05) is 6.07 Å². The first kappa shape index (κ1) is 20.5. The number of methoxy groups -OCH3 is 1. The van der Waals surface area contributed by atoms with Gasteiger partial charge in [-0.3, -0.25) is 4.79 Å². The number of ether oxygens (including phenoxy) is 1. The van der Waals surface area contributed by atoms with Crippen LogP contribution in [0.1, 0.15) is 20.7 Å². The molecule has 0 atom stereocenters. The molecule has 0 aromatic heterocycles. The molecule has 8 heteroatoms. The number of carbonyl (C=O) groups excluding carboxylic acids is 2. The van der Waals surface area contributed by atoms with Crippen molar-refractivity contribution in [1.82, 2.24) is 4.90 Å². The molecule has 0 unspecified atom stereocenters. The van der Waals surface area contributed by atoms with Crippen molar-refractivity contribution in [3.63, 3.8) is 0 Å². The van der Waals surface area contributed by atoms with Crippen LogP contribution in [0.4, 0.5) is 11.4 Å². The van der Waals surface area contributed by atoms with Gasteiger partial charge in [0.2, 0.25) is 0 Å². The molecule has 0 aliphatic carbocycles. The molecule has 1 heterocycles. The highest BCUT2D eigenvalue weighted by atomic mass is 35.5. The molecule has 1 amide bonds. The van der Waals surface area contributed by atoms with Crippen molar-refractivity contribution in [2.45, 2.75) is 0 Å². The number of amides is 1. The zero-order valence-electron chi connectivity index (χ0n) is 15.7. The van der Waals surface area contributed by atoms with E-state index in [0.29, 0.717) is 21.8 Å². The van der Waals surface area contributed by atoms with E-state index in [9.17, 15) is 9.59 Å². The maximum Gasteiger partial charge on any atom is 0.337 e. The van der Waals surface area contributed by atoms with Crippen molar-refractivity contribution in [2.24, 2.45) is 0 Å². The molecule has 1 fully saturated rings. The molecule has 3 rings (SSSR count). The molecule has 1 aliphatic heterocycles. The zero-order valence-corrected chi connectivity index (χ0v) is 17.2. The lowest BCUT2D eigenvalue weighted by atomic mass is 10.1. The highest BCUT2D eigenvalue weighted by molar-refractivity contribution is 6.37. The van der Waals surface area contributed by atoms with Crippen LogP contribution < -0.4 is 10.2 Å². The number of nitrogens with zero attached hydrogens (tertiary/aromatic N) is 2. The van der Waals surface area contributed by atoms with Crippen molar-refractivity contribution in [3.05, 3.63) is 57.6 Å². The third-order valence-electron chi connectivity index (χ3n) is 4.69. The summed E-state index contributed by atoms with van der Waals surface area (Å²) in [4.78, 5) is 29.2. The lowest BCUT2D eigenvalue weighted by molar-refractivity contribution is 0.0600. The summed E-state index contributed by atoms with van der Waals surface area (Å²) in [5.74, 6) is -0.844. The van der Waals surface area contributed by atoms with Crippen LogP contribution in [0.2, 0.25) is 10.0 Å². The van der Waals surface area contributed by atoms with Gasteiger partial charge in [-0.05, 0) is 43.4 Å². The van der Waals surface area contributed by atoms with Crippen LogP contribution in [0.3, 0.4) is 0 Å². The minimum absolute atomic E-state index is 0.260. The molecule has 0 radical (unpaired) electrons. The van der Waals surface area contributed by atoms with Crippen LogP contribution in [0.15, 0.2) is 36.4 Å². The average molecular weight is 422 g/mol. The quantitative estimate of drug-likeness (QED) is 0.760. The molecule has 1 N–H and O–H groups in total. The Bertz CT molecular complexity index is 896. The van der Waals surface area contributed by atoms with Crippen LogP contribution in [0, 0.1) is 0 Å². The van der Waals surface area contributed by atoms with E-state index in [0.717, 1.165) is 31.9 Å². The Kier molecular flexibility index (Phi) is 6.44. The van der Waals surface area contributed by atoms with Crippen molar-refractivity contribution >= 4 is 46.5 Å². The van der Waals surface area contributed by atoms with Crippen molar-refractivity contribution in [3.8, 4) is 0 Å². The standard InChI is InChI=1S/C20H21Cl2N3O3/c1-24-7-9-25(10-8-24)18-6-3-13(20(27)28-2)11-17(18)23-19(26)15-5-4-14(21)12-16(15)22/h3-6,11-12H,7-10H2,1-2H3,(H,23,26). The highest BCUT2D eigenvalue weighted by Crippen LogP contribution is 2.30. The van der Waals surface area contributed by atoms with E-state index in [1.54, 1.807) is 24.3 Å². The molecule has 2 aromatic carbocycles. The monoisotopic (exact) mass is 421 g/mol. The van der Waals surface area contributed by atoms with Gasteiger partial charge in [0.15, 0.2) is 0 Å². The highest BCUT2D eigenvalue weighted by Gasteiger charge is 2.21. The van der Waals surface area contributed by atoms with Gasteiger partial charge in [-0.2, -0.15) is 0 Å².